The molecule has 1 aliphatic heterocycles. The largest absolute Gasteiger partial charge is 0.379 e. The molecule has 1 unspecified atom stereocenters. The zero-order chi connectivity index (χ0) is 18.9. The molecule has 6 heteroatoms. The van der Waals surface area contributed by atoms with Crippen LogP contribution in [0.2, 0.25) is 0 Å². The molecular weight excluding hydrogens is 356 g/mol. The molecule has 0 spiro atoms. The standard InChI is InChI=1S/C21H30N4OS/c1-3-18-9-10-19(27-18)15-23-21(22-2)24-16-20(17-7-5-4-6-8-17)25-11-13-26-14-12-25/h4-10,20H,3,11-16H2,1-2H3,(H2,22,23,24). The molecule has 146 valence electrons. The molecule has 1 aromatic heterocycles. The van der Waals surface area contributed by atoms with Crippen LogP contribution in [0.4, 0.5) is 0 Å². The Hall–Kier alpha value is -1.89. The van der Waals surface area contributed by atoms with Crippen molar-refractivity contribution in [3.8, 4) is 0 Å². The summed E-state index contributed by atoms with van der Waals surface area (Å²) in [6.07, 6.45) is 1.09. The van der Waals surface area contributed by atoms with E-state index in [1.165, 1.54) is 15.3 Å². The van der Waals surface area contributed by atoms with Gasteiger partial charge in [0.15, 0.2) is 5.96 Å². The third-order valence-corrected chi connectivity index (χ3v) is 6.08. The van der Waals surface area contributed by atoms with Crippen molar-refractivity contribution in [1.82, 2.24) is 15.5 Å². The molecule has 3 rings (SSSR count). The molecule has 1 aliphatic rings. The Bertz CT molecular complexity index is 710. The Labute approximate surface area is 166 Å². The zero-order valence-corrected chi connectivity index (χ0v) is 17.1. The van der Waals surface area contributed by atoms with Crippen LogP contribution in [-0.4, -0.2) is 50.8 Å². The highest BCUT2D eigenvalue weighted by Gasteiger charge is 2.22. The second-order valence-electron chi connectivity index (χ2n) is 6.60. The van der Waals surface area contributed by atoms with Gasteiger partial charge in [0.2, 0.25) is 0 Å². The van der Waals surface area contributed by atoms with E-state index in [0.29, 0.717) is 6.04 Å². The number of ether oxygens (including phenoxy) is 1. The van der Waals surface area contributed by atoms with Gasteiger partial charge in [-0.3, -0.25) is 9.89 Å². The minimum Gasteiger partial charge on any atom is -0.379 e. The van der Waals surface area contributed by atoms with Gasteiger partial charge in [-0.15, -0.1) is 11.3 Å². The van der Waals surface area contributed by atoms with Gasteiger partial charge in [0, 0.05) is 36.4 Å². The lowest BCUT2D eigenvalue weighted by Gasteiger charge is -2.35. The van der Waals surface area contributed by atoms with Crippen LogP contribution in [0.25, 0.3) is 0 Å². The van der Waals surface area contributed by atoms with Gasteiger partial charge in [0.05, 0.1) is 25.8 Å². The summed E-state index contributed by atoms with van der Waals surface area (Å²) in [5.74, 6) is 0.843. The second kappa shape index (κ2) is 10.4. The molecule has 1 aromatic carbocycles. The van der Waals surface area contributed by atoms with Crippen LogP contribution in [0.3, 0.4) is 0 Å². The highest BCUT2D eigenvalue weighted by molar-refractivity contribution is 7.11. The lowest BCUT2D eigenvalue weighted by atomic mass is 10.0. The first-order chi connectivity index (χ1) is 13.3. The molecule has 0 bridgehead atoms. The number of aryl methyl sites for hydroxylation is 1. The van der Waals surface area contributed by atoms with Crippen LogP contribution in [0.1, 0.15) is 28.3 Å². The third kappa shape index (κ3) is 5.79. The van der Waals surface area contributed by atoms with Crippen molar-refractivity contribution < 1.29 is 4.74 Å². The molecule has 27 heavy (non-hydrogen) atoms. The van der Waals surface area contributed by atoms with Gasteiger partial charge in [0.1, 0.15) is 0 Å². The summed E-state index contributed by atoms with van der Waals surface area (Å²) < 4.78 is 5.53. The van der Waals surface area contributed by atoms with E-state index >= 15 is 0 Å². The molecule has 5 nitrogen and oxygen atoms in total. The molecule has 2 aromatic rings. The summed E-state index contributed by atoms with van der Waals surface area (Å²) in [5.41, 5.74) is 1.33. The summed E-state index contributed by atoms with van der Waals surface area (Å²) in [7, 11) is 1.83. The van der Waals surface area contributed by atoms with Crippen molar-refractivity contribution in [3.05, 3.63) is 57.8 Å². The van der Waals surface area contributed by atoms with E-state index in [4.69, 9.17) is 4.74 Å². The Balaban J connectivity index is 1.59. The van der Waals surface area contributed by atoms with E-state index in [1.54, 1.807) is 0 Å². The van der Waals surface area contributed by atoms with Crippen molar-refractivity contribution in [1.29, 1.82) is 0 Å². The lowest BCUT2D eigenvalue weighted by Crippen LogP contribution is -2.46. The zero-order valence-electron chi connectivity index (χ0n) is 16.3. The summed E-state index contributed by atoms with van der Waals surface area (Å²) in [6.45, 7) is 7.33. The molecule has 1 atom stereocenters. The summed E-state index contributed by atoms with van der Waals surface area (Å²) in [6, 6.07) is 15.4. The van der Waals surface area contributed by atoms with Gasteiger partial charge in [-0.25, -0.2) is 0 Å². The van der Waals surface area contributed by atoms with Crippen molar-refractivity contribution in [2.45, 2.75) is 25.9 Å². The van der Waals surface area contributed by atoms with Gasteiger partial charge in [0.25, 0.3) is 0 Å². The van der Waals surface area contributed by atoms with Crippen LogP contribution < -0.4 is 10.6 Å². The number of hydrogen-bond donors (Lipinski definition) is 2. The Morgan fingerprint density at radius 3 is 2.52 bits per heavy atom. The van der Waals surface area contributed by atoms with E-state index in [-0.39, 0.29) is 0 Å². The predicted molar refractivity (Wildman–Crippen MR) is 113 cm³/mol. The number of nitrogens with one attached hydrogen (secondary N) is 2. The first kappa shape index (κ1) is 19.9. The number of guanidine groups is 1. The topological polar surface area (TPSA) is 48.9 Å². The van der Waals surface area contributed by atoms with E-state index in [1.807, 2.05) is 18.4 Å². The van der Waals surface area contributed by atoms with Crippen molar-refractivity contribution in [3.63, 3.8) is 0 Å². The summed E-state index contributed by atoms with van der Waals surface area (Å²) >= 11 is 1.86. The molecule has 0 amide bonds. The fourth-order valence-corrected chi connectivity index (χ4v) is 4.21. The molecule has 0 radical (unpaired) electrons. The molecular formula is C21H30N4OS. The first-order valence-electron chi connectivity index (χ1n) is 9.69. The maximum absolute atomic E-state index is 5.53. The predicted octanol–water partition coefficient (Wildman–Crippen LogP) is 3.05. The number of nitrogens with zero attached hydrogens (tertiary/aromatic N) is 2. The number of morpholine rings is 1. The molecule has 2 N–H and O–H groups in total. The van der Waals surface area contributed by atoms with Crippen molar-refractivity contribution in [2.75, 3.05) is 39.9 Å². The highest BCUT2D eigenvalue weighted by atomic mass is 32.1. The lowest BCUT2D eigenvalue weighted by molar-refractivity contribution is 0.0170. The normalized spacial score (nSPS) is 16.9. The average molecular weight is 387 g/mol. The van der Waals surface area contributed by atoms with Gasteiger partial charge in [-0.2, -0.15) is 0 Å². The number of benzene rings is 1. The van der Waals surface area contributed by atoms with Crippen LogP contribution in [-0.2, 0) is 17.7 Å². The Morgan fingerprint density at radius 2 is 1.85 bits per heavy atom. The highest BCUT2D eigenvalue weighted by Crippen LogP contribution is 2.21. The van der Waals surface area contributed by atoms with Crippen LogP contribution in [0, 0.1) is 0 Å². The fourth-order valence-electron chi connectivity index (χ4n) is 3.31. The van der Waals surface area contributed by atoms with Crippen LogP contribution in [0.5, 0.6) is 0 Å². The minimum atomic E-state index is 0.307. The third-order valence-electron chi connectivity index (χ3n) is 4.85. The van der Waals surface area contributed by atoms with Gasteiger partial charge < -0.3 is 15.4 Å². The van der Waals surface area contributed by atoms with Crippen LogP contribution in [0.15, 0.2) is 47.5 Å². The molecule has 2 heterocycles. The molecule has 1 saturated heterocycles. The first-order valence-corrected chi connectivity index (χ1v) is 10.5. The second-order valence-corrected chi connectivity index (χ2v) is 7.86. The quantitative estimate of drug-likeness (QED) is 0.567. The van der Waals surface area contributed by atoms with E-state index < -0.39 is 0 Å². The summed E-state index contributed by atoms with van der Waals surface area (Å²) in [5, 5.41) is 6.96. The maximum Gasteiger partial charge on any atom is 0.191 e. The number of hydrogen-bond acceptors (Lipinski definition) is 4. The maximum atomic E-state index is 5.53. The number of rotatable bonds is 7. The fraction of sp³-hybridized carbons (Fsp3) is 0.476. The Kier molecular flexibility index (Phi) is 7.68. The van der Waals surface area contributed by atoms with Gasteiger partial charge in [-0.05, 0) is 24.1 Å². The van der Waals surface area contributed by atoms with Gasteiger partial charge >= 0.3 is 0 Å². The summed E-state index contributed by atoms with van der Waals surface area (Å²) in [4.78, 5) is 9.65. The molecule has 0 aliphatic carbocycles. The van der Waals surface area contributed by atoms with Gasteiger partial charge in [-0.1, -0.05) is 37.3 Å². The molecule has 0 saturated carbocycles. The Morgan fingerprint density at radius 1 is 1.11 bits per heavy atom. The number of thiophene rings is 1. The van der Waals surface area contributed by atoms with Crippen LogP contribution >= 0.6 is 11.3 Å². The molecule has 1 fully saturated rings. The van der Waals surface area contributed by atoms with Crippen molar-refractivity contribution >= 4 is 17.3 Å². The van der Waals surface area contributed by atoms with E-state index in [2.05, 4.69) is 69.9 Å². The van der Waals surface area contributed by atoms with E-state index in [0.717, 1.165) is 51.8 Å². The monoisotopic (exact) mass is 386 g/mol. The number of aliphatic imine (C=N–C) groups is 1. The average Bonchev–Trinajstić information content (AvgIpc) is 3.20. The van der Waals surface area contributed by atoms with Crippen molar-refractivity contribution in [2.24, 2.45) is 4.99 Å². The SMILES string of the molecule is CCc1ccc(CNC(=NC)NCC(c2ccccc2)N2CCOCC2)s1. The smallest absolute Gasteiger partial charge is 0.191 e. The minimum absolute atomic E-state index is 0.307. The van der Waals surface area contributed by atoms with E-state index in [9.17, 15) is 0 Å².